The predicted molar refractivity (Wildman–Crippen MR) is 94.9 cm³/mol. The first kappa shape index (κ1) is 14.9. The Hall–Kier alpha value is -2.62. The van der Waals surface area contributed by atoms with Crippen LogP contribution in [0.15, 0.2) is 54.6 Å². The first-order valence-electron chi connectivity index (χ1n) is 8.53. The monoisotopic (exact) mass is 319 g/mol. The number of likely N-dealkylation sites (tertiary alicyclic amines) is 1. The van der Waals surface area contributed by atoms with Gasteiger partial charge in [0.25, 0.3) is 0 Å². The molecule has 1 aliphatic heterocycles. The second-order valence-corrected chi connectivity index (χ2v) is 6.36. The van der Waals surface area contributed by atoms with Crippen molar-refractivity contribution in [2.24, 2.45) is 0 Å². The van der Waals surface area contributed by atoms with E-state index in [4.69, 9.17) is 4.98 Å². The van der Waals surface area contributed by atoms with Crippen molar-refractivity contribution in [1.29, 1.82) is 0 Å². The van der Waals surface area contributed by atoms with Crippen molar-refractivity contribution in [2.75, 3.05) is 13.1 Å². The molecule has 0 saturated carbocycles. The van der Waals surface area contributed by atoms with Crippen LogP contribution in [0, 0.1) is 0 Å². The molecular formula is C20H21N3O. The molecule has 1 fully saturated rings. The van der Waals surface area contributed by atoms with Crippen LogP contribution in [0.4, 0.5) is 0 Å². The number of likely N-dealkylation sites (N-methyl/N-ethyl adjacent to an activating group) is 1. The van der Waals surface area contributed by atoms with Gasteiger partial charge in [0.2, 0.25) is 5.91 Å². The maximum atomic E-state index is 12.2. The fourth-order valence-corrected chi connectivity index (χ4v) is 3.59. The molecule has 2 heterocycles. The Morgan fingerprint density at radius 1 is 1.08 bits per heavy atom. The van der Waals surface area contributed by atoms with Crippen molar-refractivity contribution in [2.45, 2.75) is 25.8 Å². The van der Waals surface area contributed by atoms with E-state index in [0.717, 1.165) is 36.5 Å². The summed E-state index contributed by atoms with van der Waals surface area (Å²) >= 11 is 0. The molecule has 0 unspecified atom stereocenters. The molecule has 0 radical (unpaired) electrons. The number of amides is 1. The summed E-state index contributed by atoms with van der Waals surface area (Å²) < 4.78 is 2.28. The number of imidazole rings is 1. The SMILES string of the molecule is CCN1C[C@@H](c2nc3ccccc3n2Cc2ccccc2)CC1=O. The molecule has 0 bridgehead atoms. The number of hydrogen-bond acceptors (Lipinski definition) is 2. The van der Waals surface area contributed by atoms with Crippen LogP contribution in [-0.2, 0) is 11.3 Å². The van der Waals surface area contributed by atoms with E-state index in [1.807, 2.05) is 30.0 Å². The molecule has 0 spiro atoms. The molecule has 0 N–H and O–H groups in total. The maximum absolute atomic E-state index is 12.2. The Bertz CT molecular complexity index is 869. The van der Waals surface area contributed by atoms with Gasteiger partial charge in [-0.15, -0.1) is 0 Å². The molecule has 2 aromatic carbocycles. The summed E-state index contributed by atoms with van der Waals surface area (Å²) in [6, 6.07) is 18.7. The average Bonchev–Trinajstić information content (AvgIpc) is 3.16. The standard InChI is InChI=1S/C20H21N3O/c1-2-22-14-16(12-19(22)24)20-21-17-10-6-7-11-18(17)23(20)13-15-8-4-3-5-9-15/h3-11,16H,2,12-14H2,1H3/t16-/m0/s1. The second kappa shape index (κ2) is 6.11. The quantitative estimate of drug-likeness (QED) is 0.739. The molecule has 1 atom stereocenters. The zero-order chi connectivity index (χ0) is 16.5. The van der Waals surface area contributed by atoms with E-state index in [-0.39, 0.29) is 11.8 Å². The summed E-state index contributed by atoms with van der Waals surface area (Å²) in [6.07, 6.45) is 0.561. The molecule has 4 heteroatoms. The number of carbonyl (C=O) groups is 1. The van der Waals surface area contributed by atoms with Crippen LogP contribution in [0.3, 0.4) is 0 Å². The lowest BCUT2D eigenvalue weighted by Crippen LogP contribution is -2.24. The van der Waals surface area contributed by atoms with Gasteiger partial charge in [-0.1, -0.05) is 42.5 Å². The summed E-state index contributed by atoms with van der Waals surface area (Å²) in [5.41, 5.74) is 3.39. The largest absolute Gasteiger partial charge is 0.342 e. The van der Waals surface area contributed by atoms with Crippen molar-refractivity contribution in [3.63, 3.8) is 0 Å². The molecule has 4 rings (SSSR count). The summed E-state index contributed by atoms with van der Waals surface area (Å²) in [5, 5.41) is 0. The smallest absolute Gasteiger partial charge is 0.223 e. The number of para-hydroxylation sites is 2. The molecule has 24 heavy (non-hydrogen) atoms. The van der Waals surface area contributed by atoms with Crippen LogP contribution in [-0.4, -0.2) is 33.4 Å². The average molecular weight is 319 g/mol. The van der Waals surface area contributed by atoms with Crippen LogP contribution < -0.4 is 0 Å². The highest BCUT2D eigenvalue weighted by Gasteiger charge is 2.33. The van der Waals surface area contributed by atoms with E-state index < -0.39 is 0 Å². The van der Waals surface area contributed by atoms with Crippen LogP contribution in [0.1, 0.15) is 30.7 Å². The number of rotatable bonds is 4. The zero-order valence-corrected chi connectivity index (χ0v) is 13.9. The molecule has 1 saturated heterocycles. The van der Waals surface area contributed by atoms with Gasteiger partial charge in [-0.2, -0.15) is 0 Å². The fourth-order valence-electron chi connectivity index (χ4n) is 3.59. The molecule has 122 valence electrons. The summed E-state index contributed by atoms with van der Waals surface area (Å²) in [4.78, 5) is 19.0. The number of benzene rings is 2. The van der Waals surface area contributed by atoms with Gasteiger partial charge < -0.3 is 9.47 Å². The van der Waals surface area contributed by atoms with Gasteiger partial charge in [-0.3, -0.25) is 4.79 Å². The highest BCUT2D eigenvalue weighted by molar-refractivity contribution is 5.80. The highest BCUT2D eigenvalue weighted by atomic mass is 16.2. The van der Waals surface area contributed by atoms with E-state index >= 15 is 0 Å². The number of hydrogen-bond donors (Lipinski definition) is 0. The molecule has 1 amide bonds. The number of fused-ring (bicyclic) bond motifs is 1. The van der Waals surface area contributed by atoms with Crippen molar-refractivity contribution in [3.05, 3.63) is 66.0 Å². The molecule has 0 aliphatic carbocycles. The van der Waals surface area contributed by atoms with Gasteiger partial charge in [0.05, 0.1) is 11.0 Å². The Morgan fingerprint density at radius 2 is 1.83 bits per heavy atom. The lowest BCUT2D eigenvalue weighted by molar-refractivity contribution is -0.127. The number of carbonyl (C=O) groups excluding carboxylic acids is 1. The van der Waals surface area contributed by atoms with Crippen LogP contribution >= 0.6 is 0 Å². The molecule has 3 aromatic rings. The molecule has 1 aromatic heterocycles. The van der Waals surface area contributed by atoms with Gasteiger partial charge in [0.15, 0.2) is 0 Å². The topological polar surface area (TPSA) is 38.1 Å². The van der Waals surface area contributed by atoms with Crippen LogP contribution in [0.2, 0.25) is 0 Å². The fraction of sp³-hybridized carbons (Fsp3) is 0.300. The van der Waals surface area contributed by atoms with Crippen molar-refractivity contribution < 1.29 is 4.79 Å². The second-order valence-electron chi connectivity index (χ2n) is 6.36. The third-order valence-electron chi connectivity index (χ3n) is 4.83. The van der Waals surface area contributed by atoms with Gasteiger partial charge >= 0.3 is 0 Å². The first-order valence-corrected chi connectivity index (χ1v) is 8.53. The minimum Gasteiger partial charge on any atom is -0.342 e. The minimum atomic E-state index is 0.175. The van der Waals surface area contributed by atoms with Gasteiger partial charge in [-0.05, 0) is 24.6 Å². The Kier molecular flexibility index (Phi) is 3.81. The highest BCUT2D eigenvalue weighted by Crippen LogP contribution is 2.30. The van der Waals surface area contributed by atoms with Crippen molar-refractivity contribution in [1.82, 2.24) is 14.5 Å². The maximum Gasteiger partial charge on any atom is 0.223 e. The Morgan fingerprint density at radius 3 is 2.58 bits per heavy atom. The molecular weight excluding hydrogens is 298 g/mol. The normalized spacial score (nSPS) is 17.8. The Balaban J connectivity index is 1.77. The first-order chi connectivity index (χ1) is 11.8. The minimum absolute atomic E-state index is 0.175. The molecule has 4 nitrogen and oxygen atoms in total. The third kappa shape index (κ3) is 2.58. The van der Waals surface area contributed by atoms with E-state index in [1.165, 1.54) is 5.56 Å². The van der Waals surface area contributed by atoms with Gasteiger partial charge in [-0.25, -0.2) is 4.98 Å². The summed E-state index contributed by atoms with van der Waals surface area (Å²) in [6.45, 7) is 4.36. The summed E-state index contributed by atoms with van der Waals surface area (Å²) in [7, 11) is 0. The van der Waals surface area contributed by atoms with E-state index in [9.17, 15) is 4.79 Å². The van der Waals surface area contributed by atoms with E-state index in [2.05, 4.69) is 41.0 Å². The van der Waals surface area contributed by atoms with Gasteiger partial charge in [0.1, 0.15) is 5.82 Å². The lowest BCUT2D eigenvalue weighted by Gasteiger charge is -2.15. The number of aromatic nitrogens is 2. The van der Waals surface area contributed by atoms with Gasteiger partial charge in [0, 0.05) is 32.0 Å². The third-order valence-corrected chi connectivity index (χ3v) is 4.83. The summed E-state index contributed by atoms with van der Waals surface area (Å²) in [5.74, 6) is 1.44. The number of nitrogens with zero attached hydrogens (tertiary/aromatic N) is 3. The molecule has 1 aliphatic rings. The lowest BCUT2D eigenvalue weighted by atomic mass is 10.1. The van der Waals surface area contributed by atoms with Crippen LogP contribution in [0.5, 0.6) is 0 Å². The van der Waals surface area contributed by atoms with E-state index in [1.54, 1.807) is 0 Å². The van der Waals surface area contributed by atoms with E-state index in [0.29, 0.717) is 6.42 Å². The predicted octanol–water partition coefficient (Wildman–Crippen LogP) is 3.42. The zero-order valence-electron chi connectivity index (χ0n) is 13.9. The van der Waals surface area contributed by atoms with Crippen LogP contribution in [0.25, 0.3) is 11.0 Å². The van der Waals surface area contributed by atoms with Crippen molar-refractivity contribution in [3.8, 4) is 0 Å². The Labute approximate surface area is 141 Å². The van der Waals surface area contributed by atoms with Crippen molar-refractivity contribution >= 4 is 16.9 Å².